The number of nitrogens with zero attached hydrogens (tertiary/aromatic N) is 2. The monoisotopic (exact) mass is 291 g/mol. The highest BCUT2D eigenvalue weighted by molar-refractivity contribution is 5.75. The number of halogens is 1. The number of hydrogen-bond donors (Lipinski definition) is 1. The number of carbonyl (C=O) groups excluding carboxylic acids is 1. The van der Waals surface area contributed by atoms with Crippen molar-refractivity contribution in [1.82, 2.24) is 10.2 Å². The van der Waals surface area contributed by atoms with Crippen LogP contribution in [0.1, 0.15) is 19.8 Å². The number of urea groups is 1. The van der Waals surface area contributed by atoms with Crippen LogP contribution in [0.4, 0.5) is 14.9 Å². The quantitative estimate of drug-likeness (QED) is 0.928. The number of piperazine rings is 1. The van der Waals surface area contributed by atoms with Crippen molar-refractivity contribution in [2.75, 3.05) is 31.1 Å². The predicted octanol–water partition coefficient (Wildman–Crippen LogP) is 2.46. The molecule has 2 aliphatic rings. The topological polar surface area (TPSA) is 35.6 Å². The molecule has 2 fully saturated rings. The lowest BCUT2D eigenvalue weighted by Crippen LogP contribution is -2.53. The largest absolute Gasteiger partial charge is 0.366 e. The SMILES string of the molecule is C[C@H](NC(=O)N1CCN(c2ccccc2F)CC1)C1CC1. The second-order valence-corrected chi connectivity index (χ2v) is 6.00. The van der Waals surface area contributed by atoms with Gasteiger partial charge in [-0.15, -0.1) is 0 Å². The lowest BCUT2D eigenvalue weighted by atomic mass is 10.2. The van der Waals surface area contributed by atoms with Crippen molar-refractivity contribution < 1.29 is 9.18 Å². The van der Waals surface area contributed by atoms with Gasteiger partial charge in [0.15, 0.2) is 0 Å². The highest BCUT2D eigenvalue weighted by Gasteiger charge is 2.30. The smallest absolute Gasteiger partial charge is 0.317 e. The molecule has 21 heavy (non-hydrogen) atoms. The van der Waals surface area contributed by atoms with E-state index in [1.165, 1.54) is 18.9 Å². The molecule has 1 heterocycles. The number of hydrogen-bond acceptors (Lipinski definition) is 2. The van der Waals surface area contributed by atoms with Gasteiger partial charge in [0.2, 0.25) is 0 Å². The standard InChI is InChI=1S/C16H22FN3O/c1-12(13-6-7-13)18-16(21)20-10-8-19(9-11-20)15-5-3-2-4-14(15)17/h2-5,12-13H,6-11H2,1H3,(H,18,21)/t12-/m0/s1. The highest BCUT2D eigenvalue weighted by atomic mass is 19.1. The van der Waals surface area contributed by atoms with Gasteiger partial charge in [0.1, 0.15) is 5.82 Å². The summed E-state index contributed by atoms with van der Waals surface area (Å²) in [5, 5.41) is 3.07. The first-order valence-electron chi connectivity index (χ1n) is 7.70. The van der Waals surface area contributed by atoms with Crippen LogP contribution in [0.25, 0.3) is 0 Å². The summed E-state index contributed by atoms with van der Waals surface area (Å²) in [6, 6.07) is 7.09. The summed E-state index contributed by atoms with van der Waals surface area (Å²) in [7, 11) is 0. The van der Waals surface area contributed by atoms with Crippen molar-refractivity contribution in [3.63, 3.8) is 0 Å². The van der Waals surface area contributed by atoms with Gasteiger partial charge in [-0.05, 0) is 37.8 Å². The van der Waals surface area contributed by atoms with Crippen molar-refractivity contribution >= 4 is 11.7 Å². The minimum absolute atomic E-state index is 0.0163. The lowest BCUT2D eigenvalue weighted by Gasteiger charge is -2.36. The molecule has 1 aliphatic heterocycles. The number of anilines is 1. The Hall–Kier alpha value is -1.78. The van der Waals surface area contributed by atoms with E-state index < -0.39 is 0 Å². The fourth-order valence-corrected chi connectivity index (χ4v) is 2.86. The Morgan fingerprint density at radius 2 is 1.90 bits per heavy atom. The van der Waals surface area contributed by atoms with Crippen LogP contribution in [-0.2, 0) is 0 Å². The van der Waals surface area contributed by atoms with Gasteiger partial charge in [0.25, 0.3) is 0 Å². The van der Waals surface area contributed by atoms with Crippen LogP contribution in [0.15, 0.2) is 24.3 Å². The summed E-state index contributed by atoms with van der Waals surface area (Å²) in [5.74, 6) is 0.464. The molecule has 1 saturated carbocycles. The number of rotatable bonds is 3. The summed E-state index contributed by atoms with van der Waals surface area (Å²) in [6.45, 7) is 4.69. The number of carbonyl (C=O) groups is 1. The maximum Gasteiger partial charge on any atom is 0.317 e. The first kappa shape index (κ1) is 14.2. The minimum Gasteiger partial charge on any atom is -0.366 e. The van der Waals surface area contributed by atoms with Crippen LogP contribution in [-0.4, -0.2) is 43.2 Å². The average Bonchev–Trinajstić information content (AvgIpc) is 3.32. The van der Waals surface area contributed by atoms with E-state index in [2.05, 4.69) is 12.2 Å². The molecular weight excluding hydrogens is 269 g/mol. The Morgan fingerprint density at radius 3 is 2.52 bits per heavy atom. The molecule has 1 saturated heterocycles. The van der Waals surface area contributed by atoms with E-state index in [9.17, 15) is 9.18 Å². The molecule has 0 aromatic heterocycles. The third kappa shape index (κ3) is 3.28. The number of benzene rings is 1. The van der Waals surface area contributed by atoms with Crippen molar-refractivity contribution in [2.45, 2.75) is 25.8 Å². The molecule has 0 spiro atoms. The third-order valence-electron chi connectivity index (χ3n) is 4.44. The fraction of sp³-hybridized carbons (Fsp3) is 0.562. The molecule has 0 radical (unpaired) electrons. The van der Waals surface area contributed by atoms with E-state index in [-0.39, 0.29) is 17.9 Å². The molecule has 1 N–H and O–H groups in total. The number of nitrogens with one attached hydrogen (secondary N) is 1. The zero-order chi connectivity index (χ0) is 14.8. The Morgan fingerprint density at radius 1 is 1.24 bits per heavy atom. The van der Waals surface area contributed by atoms with E-state index in [0.29, 0.717) is 37.8 Å². The zero-order valence-electron chi connectivity index (χ0n) is 12.4. The molecule has 1 atom stereocenters. The summed E-state index contributed by atoms with van der Waals surface area (Å²) in [5.41, 5.74) is 0.629. The van der Waals surface area contributed by atoms with Gasteiger partial charge in [-0.1, -0.05) is 12.1 Å². The Kier molecular flexibility index (Phi) is 3.99. The second-order valence-electron chi connectivity index (χ2n) is 6.00. The van der Waals surface area contributed by atoms with Crippen LogP contribution in [0.5, 0.6) is 0 Å². The van der Waals surface area contributed by atoms with E-state index >= 15 is 0 Å². The summed E-state index contributed by atoms with van der Waals surface area (Å²) in [4.78, 5) is 16.0. The highest BCUT2D eigenvalue weighted by Crippen LogP contribution is 2.32. The van der Waals surface area contributed by atoms with Crippen LogP contribution >= 0.6 is 0 Å². The fourth-order valence-electron chi connectivity index (χ4n) is 2.86. The lowest BCUT2D eigenvalue weighted by molar-refractivity contribution is 0.189. The first-order chi connectivity index (χ1) is 10.1. The summed E-state index contributed by atoms with van der Waals surface area (Å²) in [6.07, 6.45) is 2.45. The van der Waals surface area contributed by atoms with E-state index in [1.54, 1.807) is 12.1 Å². The molecule has 5 heteroatoms. The Labute approximate surface area is 124 Å². The zero-order valence-corrected chi connectivity index (χ0v) is 12.4. The van der Waals surface area contributed by atoms with Crippen molar-refractivity contribution in [3.8, 4) is 0 Å². The summed E-state index contributed by atoms with van der Waals surface area (Å²) < 4.78 is 13.8. The molecule has 2 amide bonds. The Bertz CT molecular complexity index is 510. The second kappa shape index (κ2) is 5.92. The first-order valence-corrected chi connectivity index (χ1v) is 7.70. The van der Waals surface area contributed by atoms with E-state index in [0.717, 1.165) is 0 Å². The molecule has 0 bridgehead atoms. The molecule has 1 aliphatic carbocycles. The maximum absolute atomic E-state index is 13.8. The molecule has 4 nitrogen and oxygen atoms in total. The average molecular weight is 291 g/mol. The van der Waals surface area contributed by atoms with Gasteiger partial charge in [0.05, 0.1) is 5.69 Å². The van der Waals surface area contributed by atoms with Gasteiger partial charge in [-0.3, -0.25) is 0 Å². The van der Waals surface area contributed by atoms with Crippen molar-refractivity contribution in [1.29, 1.82) is 0 Å². The maximum atomic E-state index is 13.8. The van der Waals surface area contributed by atoms with Gasteiger partial charge in [-0.2, -0.15) is 0 Å². The Balaban J connectivity index is 1.52. The molecule has 0 unspecified atom stereocenters. The molecule has 114 valence electrons. The van der Waals surface area contributed by atoms with Gasteiger partial charge in [-0.25, -0.2) is 9.18 Å². The number of para-hydroxylation sites is 1. The van der Waals surface area contributed by atoms with Crippen LogP contribution in [0, 0.1) is 11.7 Å². The normalized spacial score (nSPS) is 20.3. The van der Waals surface area contributed by atoms with Crippen LogP contribution < -0.4 is 10.2 Å². The van der Waals surface area contributed by atoms with E-state index in [1.807, 2.05) is 15.9 Å². The molecule has 1 aromatic rings. The van der Waals surface area contributed by atoms with Crippen LogP contribution in [0.2, 0.25) is 0 Å². The van der Waals surface area contributed by atoms with Crippen LogP contribution in [0.3, 0.4) is 0 Å². The predicted molar refractivity (Wildman–Crippen MR) is 80.9 cm³/mol. The van der Waals surface area contributed by atoms with Crippen molar-refractivity contribution in [2.24, 2.45) is 5.92 Å². The number of amides is 2. The third-order valence-corrected chi connectivity index (χ3v) is 4.44. The molecular formula is C16H22FN3O. The van der Waals surface area contributed by atoms with Gasteiger partial charge < -0.3 is 15.1 Å². The minimum atomic E-state index is -0.197. The van der Waals surface area contributed by atoms with Gasteiger partial charge in [0, 0.05) is 32.2 Å². The van der Waals surface area contributed by atoms with E-state index in [4.69, 9.17) is 0 Å². The molecule has 3 rings (SSSR count). The summed E-state index contributed by atoms with van der Waals surface area (Å²) >= 11 is 0. The van der Waals surface area contributed by atoms with Crippen molar-refractivity contribution in [3.05, 3.63) is 30.1 Å². The van der Waals surface area contributed by atoms with Gasteiger partial charge >= 0.3 is 6.03 Å². The molecule has 1 aromatic carbocycles.